The van der Waals surface area contributed by atoms with Crippen molar-refractivity contribution in [3.05, 3.63) is 29.6 Å². The van der Waals surface area contributed by atoms with Crippen LogP contribution in [0.2, 0.25) is 0 Å². The van der Waals surface area contributed by atoms with Gasteiger partial charge in [-0.05, 0) is 24.5 Å². The lowest BCUT2D eigenvalue weighted by Crippen LogP contribution is -2.52. The summed E-state index contributed by atoms with van der Waals surface area (Å²) in [6.07, 6.45) is 1.72. The Bertz CT molecular complexity index is 624. The standard InChI is InChI=1S/C17H23N3O5/c1-11(2)9-14(16(22)20-5-7-25-8-6-20)19-15(21)12-3-4-13(17(23)24)18-10-12/h3-4,10-11,14H,5-9H2,1-2H3,(H,19,21)(H,23,24)/t14-/m0/s1. The minimum absolute atomic E-state index is 0.125. The monoisotopic (exact) mass is 349 g/mol. The van der Waals surface area contributed by atoms with Crippen LogP contribution in [0.15, 0.2) is 18.3 Å². The van der Waals surface area contributed by atoms with Gasteiger partial charge in [-0.2, -0.15) is 0 Å². The SMILES string of the molecule is CC(C)C[C@H](NC(=O)c1ccc(C(=O)O)nc1)C(=O)N1CCOCC1. The van der Waals surface area contributed by atoms with E-state index in [1.54, 1.807) is 4.90 Å². The molecule has 0 unspecified atom stereocenters. The van der Waals surface area contributed by atoms with E-state index in [4.69, 9.17) is 9.84 Å². The molecule has 8 nitrogen and oxygen atoms in total. The summed E-state index contributed by atoms with van der Waals surface area (Å²) in [7, 11) is 0. The smallest absolute Gasteiger partial charge is 0.354 e. The highest BCUT2D eigenvalue weighted by molar-refractivity contribution is 5.97. The van der Waals surface area contributed by atoms with Gasteiger partial charge in [0.25, 0.3) is 5.91 Å². The zero-order valence-corrected chi connectivity index (χ0v) is 14.4. The number of amides is 2. The Morgan fingerprint density at radius 2 is 1.96 bits per heavy atom. The number of aromatic nitrogens is 1. The molecule has 1 aliphatic rings. The highest BCUT2D eigenvalue weighted by atomic mass is 16.5. The summed E-state index contributed by atoms with van der Waals surface area (Å²) in [6, 6.07) is 2.01. The number of hydrogen-bond donors (Lipinski definition) is 2. The van der Waals surface area contributed by atoms with E-state index in [0.717, 1.165) is 0 Å². The fourth-order valence-electron chi connectivity index (χ4n) is 2.59. The first-order chi connectivity index (χ1) is 11.9. The third-order valence-electron chi connectivity index (χ3n) is 3.88. The number of carbonyl (C=O) groups is 3. The second kappa shape index (κ2) is 8.57. The molecule has 0 saturated carbocycles. The van der Waals surface area contributed by atoms with Crippen LogP contribution in [0.5, 0.6) is 0 Å². The van der Waals surface area contributed by atoms with E-state index in [2.05, 4.69) is 10.3 Å². The van der Waals surface area contributed by atoms with E-state index in [9.17, 15) is 14.4 Å². The molecule has 2 heterocycles. The second-order valence-corrected chi connectivity index (χ2v) is 6.33. The fraction of sp³-hybridized carbons (Fsp3) is 0.529. The van der Waals surface area contributed by atoms with Crippen LogP contribution < -0.4 is 5.32 Å². The van der Waals surface area contributed by atoms with Gasteiger partial charge in [-0.15, -0.1) is 0 Å². The van der Waals surface area contributed by atoms with Crippen LogP contribution in [-0.4, -0.2) is 65.1 Å². The van der Waals surface area contributed by atoms with Crippen LogP contribution in [0.25, 0.3) is 0 Å². The van der Waals surface area contributed by atoms with E-state index in [0.29, 0.717) is 32.7 Å². The molecular weight excluding hydrogens is 326 g/mol. The van der Waals surface area contributed by atoms with Crippen molar-refractivity contribution in [3.8, 4) is 0 Å². The maximum Gasteiger partial charge on any atom is 0.354 e. The van der Waals surface area contributed by atoms with E-state index in [1.807, 2.05) is 13.8 Å². The van der Waals surface area contributed by atoms with Gasteiger partial charge in [0.1, 0.15) is 11.7 Å². The molecule has 136 valence electrons. The van der Waals surface area contributed by atoms with Crippen LogP contribution in [0.3, 0.4) is 0 Å². The molecule has 0 spiro atoms. The van der Waals surface area contributed by atoms with Crippen molar-refractivity contribution in [1.29, 1.82) is 0 Å². The van der Waals surface area contributed by atoms with Gasteiger partial charge in [0, 0.05) is 19.3 Å². The molecule has 1 atom stereocenters. The van der Waals surface area contributed by atoms with E-state index in [-0.39, 0.29) is 23.1 Å². The number of carboxylic acids is 1. The minimum Gasteiger partial charge on any atom is -0.477 e. The lowest BCUT2D eigenvalue weighted by atomic mass is 10.0. The largest absolute Gasteiger partial charge is 0.477 e. The average Bonchev–Trinajstić information content (AvgIpc) is 2.61. The Kier molecular flexibility index (Phi) is 6.46. The normalized spacial score (nSPS) is 15.7. The van der Waals surface area contributed by atoms with Gasteiger partial charge in [-0.25, -0.2) is 9.78 Å². The third kappa shape index (κ3) is 5.25. The Morgan fingerprint density at radius 1 is 1.28 bits per heavy atom. The number of ether oxygens (including phenoxy) is 1. The van der Waals surface area contributed by atoms with Gasteiger partial charge in [0.2, 0.25) is 5.91 Å². The number of carboxylic acid groups (broad SMARTS) is 1. The lowest BCUT2D eigenvalue weighted by Gasteiger charge is -2.31. The molecule has 2 amide bonds. The molecule has 8 heteroatoms. The molecule has 0 aliphatic carbocycles. The quantitative estimate of drug-likeness (QED) is 0.786. The fourth-order valence-corrected chi connectivity index (χ4v) is 2.59. The van der Waals surface area contributed by atoms with Crippen molar-refractivity contribution in [3.63, 3.8) is 0 Å². The van der Waals surface area contributed by atoms with Crippen molar-refractivity contribution >= 4 is 17.8 Å². The maximum atomic E-state index is 12.7. The van der Waals surface area contributed by atoms with Crippen molar-refractivity contribution < 1.29 is 24.2 Å². The number of morpholine rings is 1. The van der Waals surface area contributed by atoms with Gasteiger partial charge in [-0.3, -0.25) is 9.59 Å². The number of nitrogens with one attached hydrogen (secondary N) is 1. The summed E-state index contributed by atoms with van der Waals surface area (Å²) in [5.41, 5.74) is 0.0770. The van der Waals surface area contributed by atoms with E-state index < -0.39 is 17.9 Å². The highest BCUT2D eigenvalue weighted by Crippen LogP contribution is 2.11. The van der Waals surface area contributed by atoms with Crippen LogP contribution in [0, 0.1) is 5.92 Å². The predicted octanol–water partition coefficient (Wildman–Crippen LogP) is 0.783. The number of aromatic carboxylic acids is 1. The van der Waals surface area contributed by atoms with Crippen LogP contribution in [0.1, 0.15) is 41.1 Å². The lowest BCUT2D eigenvalue weighted by molar-refractivity contribution is -0.137. The summed E-state index contributed by atoms with van der Waals surface area (Å²) in [5.74, 6) is -1.51. The van der Waals surface area contributed by atoms with Crippen molar-refractivity contribution in [2.45, 2.75) is 26.3 Å². The second-order valence-electron chi connectivity index (χ2n) is 6.33. The zero-order chi connectivity index (χ0) is 18.4. The molecule has 2 N–H and O–H groups in total. The van der Waals surface area contributed by atoms with Gasteiger partial charge in [0.15, 0.2) is 0 Å². The number of nitrogens with zero attached hydrogens (tertiary/aromatic N) is 2. The first-order valence-corrected chi connectivity index (χ1v) is 8.25. The predicted molar refractivity (Wildman–Crippen MR) is 89.3 cm³/mol. The van der Waals surface area contributed by atoms with Crippen molar-refractivity contribution in [2.75, 3.05) is 26.3 Å². The molecule has 1 aromatic rings. The van der Waals surface area contributed by atoms with E-state index in [1.165, 1.54) is 18.3 Å². The molecule has 2 rings (SSSR count). The summed E-state index contributed by atoms with van der Waals surface area (Å²) < 4.78 is 5.25. The molecule has 1 fully saturated rings. The summed E-state index contributed by atoms with van der Waals surface area (Å²) >= 11 is 0. The van der Waals surface area contributed by atoms with E-state index >= 15 is 0 Å². The average molecular weight is 349 g/mol. The molecule has 1 aliphatic heterocycles. The first-order valence-electron chi connectivity index (χ1n) is 8.25. The summed E-state index contributed by atoms with van der Waals surface area (Å²) in [5, 5.41) is 11.6. The van der Waals surface area contributed by atoms with Crippen molar-refractivity contribution in [1.82, 2.24) is 15.2 Å². The Balaban J connectivity index is 2.08. The topological polar surface area (TPSA) is 109 Å². The van der Waals surface area contributed by atoms with Crippen LogP contribution >= 0.6 is 0 Å². The zero-order valence-electron chi connectivity index (χ0n) is 14.4. The maximum absolute atomic E-state index is 12.7. The molecule has 1 aromatic heterocycles. The summed E-state index contributed by atoms with van der Waals surface area (Å²) in [6.45, 7) is 5.98. The Labute approximate surface area is 146 Å². The molecule has 0 bridgehead atoms. The number of carbonyl (C=O) groups excluding carboxylic acids is 2. The van der Waals surface area contributed by atoms with Crippen LogP contribution in [0.4, 0.5) is 0 Å². The highest BCUT2D eigenvalue weighted by Gasteiger charge is 2.28. The number of hydrogen-bond acceptors (Lipinski definition) is 5. The van der Waals surface area contributed by atoms with Crippen LogP contribution in [-0.2, 0) is 9.53 Å². The summed E-state index contributed by atoms with van der Waals surface area (Å²) in [4.78, 5) is 41.4. The molecule has 25 heavy (non-hydrogen) atoms. The van der Waals surface area contributed by atoms with Gasteiger partial charge < -0.3 is 20.1 Å². The minimum atomic E-state index is -1.16. The van der Waals surface area contributed by atoms with Crippen molar-refractivity contribution in [2.24, 2.45) is 5.92 Å². The van der Waals surface area contributed by atoms with Gasteiger partial charge in [-0.1, -0.05) is 13.8 Å². The molecule has 1 saturated heterocycles. The third-order valence-corrected chi connectivity index (χ3v) is 3.88. The number of pyridine rings is 1. The molecular formula is C17H23N3O5. The molecule has 0 radical (unpaired) electrons. The Hall–Kier alpha value is -2.48. The first kappa shape index (κ1) is 18.9. The molecule has 0 aromatic carbocycles. The number of rotatable bonds is 6. The van der Waals surface area contributed by atoms with Gasteiger partial charge >= 0.3 is 5.97 Å². The van der Waals surface area contributed by atoms with Gasteiger partial charge in [0.05, 0.1) is 18.8 Å². The Morgan fingerprint density at radius 3 is 2.48 bits per heavy atom.